The van der Waals surface area contributed by atoms with Crippen LogP contribution in [0.3, 0.4) is 0 Å². The van der Waals surface area contributed by atoms with Gasteiger partial charge >= 0.3 is 327 Å². The number of benzene rings is 4. The molecule has 0 N–H and O–H groups in total. The molecule has 0 bridgehead atoms. The van der Waals surface area contributed by atoms with Gasteiger partial charge in [0.15, 0.2) is 0 Å². The van der Waals surface area contributed by atoms with E-state index in [1.807, 2.05) is 6.07 Å². The van der Waals surface area contributed by atoms with Crippen molar-refractivity contribution in [3.63, 3.8) is 0 Å². The van der Waals surface area contributed by atoms with E-state index in [1.54, 1.807) is 6.07 Å². The van der Waals surface area contributed by atoms with Crippen molar-refractivity contribution in [3.8, 4) is 11.1 Å². The molecule has 2 aliphatic rings. The molecule has 0 heterocycles. The van der Waals surface area contributed by atoms with Crippen LogP contribution in [0.5, 0.6) is 0 Å². The van der Waals surface area contributed by atoms with Gasteiger partial charge < -0.3 is 24.8 Å². The fourth-order valence-corrected chi connectivity index (χ4v) is 17.7. The molecule has 2 aliphatic carbocycles. The quantitative estimate of drug-likeness (QED) is 0.179. The van der Waals surface area contributed by atoms with Crippen LogP contribution in [0.2, 0.25) is 3.63 Å². The van der Waals surface area contributed by atoms with Crippen molar-refractivity contribution in [1.82, 2.24) is 0 Å². The zero-order valence-electron chi connectivity index (χ0n) is 34.8. The third-order valence-corrected chi connectivity index (χ3v) is 19.0. The molecule has 0 radical (unpaired) electrons. The van der Waals surface area contributed by atoms with Crippen LogP contribution in [0.15, 0.2) is 91.0 Å². The molecule has 55 heavy (non-hydrogen) atoms. The van der Waals surface area contributed by atoms with E-state index in [0.717, 1.165) is 20.8 Å². The molecule has 6 heteroatoms. The Morgan fingerprint density at radius 3 is 1.64 bits per heavy atom. The Morgan fingerprint density at radius 1 is 0.600 bits per heavy atom. The third kappa shape index (κ3) is 8.98. The Morgan fingerprint density at radius 2 is 1.13 bits per heavy atom. The smallest absolute Gasteiger partial charge is 1.00 e. The van der Waals surface area contributed by atoms with E-state index < -0.39 is 33.0 Å². The zero-order chi connectivity index (χ0) is 39.1. The normalized spacial score (nSPS) is 14.7. The summed E-state index contributed by atoms with van der Waals surface area (Å²) in [5.74, 6) is 0. The van der Waals surface area contributed by atoms with Crippen LogP contribution in [0.4, 0.5) is 13.2 Å². The predicted molar refractivity (Wildman–Crippen MR) is 217 cm³/mol. The molecule has 0 amide bonds. The van der Waals surface area contributed by atoms with E-state index >= 15 is 0 Å². The fraction of sp³-hybridized carbons (Fsp3) is 0.408. The summed E-state index contributed by atoms with van der Waals surface area (Å²) >= 11 is -3.34. The summed E-state index contributed by atoms with van der Waals surface area (Å²) in [4.78, 5) is 0. The van der Waals surface area contributed by atoms with E-state index in [4.69, 9.17) is 0 Å². The summed E-state index contributed by atoms with van der Waals surface area (Å²) in [6, 6.07) is 22.2. The maximum Gasteiger partial charge on any atom is -1.00 e. The van der Waals surface area contributed by atoms with Crippen molar-refractivity contribution < 1.29 is 59.3 Å². The second kappa shape index (κ2) is 15.7. The van der Waals surface area contributed by atoms with Crippen molar-refractivity contribution >= 4 is 6.48 Å². The SMILES string of the molecule is Cc1ccc([C](c2cccc(C(F)(F)F)c2)=[Zr+2]([c]2c3c(cc(C(C)(C)C)c2C(C)(C)C)-c2cc(C(C)(C)C)c(C(C)(C)C)cc2C3)[CH]2C=CC=C2)cc1.[Cl-].[Cl-]. The standard InChI is InChI=1S/C29H41.C15H11F3.C5H5.2ClH.Zr/c1-26(2,3)22-14-18-13-19-15-23(27(4,5)6)25(29(10,11)12)17-21(19)20(18)16-24(22)28(7,8)9;1-11-5-7-12(8-6-11)9-13-3-2-4-14(10-13)15(16,17)18;1-2-4-5-3-1;;;/h14,16-17H,13H2,1-12H3;2-8,10H,1H3;1-5H;2*1H;/q;;;;;+2/p-2. The van der Waals surface area contributed by atoms with Gasteiger partial charge in [0.25, 0.3) is 0 Å². The number of alkyl halides is 3. The number of allylic oxidation sites excluding steroid dienone is 4. The van der Waals surface area contributed by atoms with Gasteiger partial charge in [0.1, 0.15) is 0 Å². The van der Waals surface area contributed by atoms with Gasteiger partial charge in [0.05, 0.1) is 0 Å². The first-order valence-electron chi connectivity index (χ1n) is 19.1. The molecule has 0 nitrogen and oxygen atoms in total. The fourth-order valence-electron chi connectivity index (χ4n) is 8.42. The van der Waals surface area contributed by atoms with Crippen molar-refractivity contribution in [2.24, 2.45) is 0 Å². The van der Waals surface area contributed by atoms with Crippen LogP contribution < -0.4 is 28.1 Å². The monoisotopic (exact) mass is 862 g/mol. The van der Waals surface area contributed by atoms with Gasteiger partial charge in [-0.2, -0.15) is 0 Å². The Hall–Kier alpha value is -2.52. The summed E-state index contributed by atoms with van der Waals surface area (Å²) in [5.41, 5.74) is 12.7. The average Bonchev–Trinajstić information content (AvgIpc) is 3.69. The molecule has 0 spiro atoms. The van der Waals surface area contributed by atoms with E-state index in [-0.39, 0.29) is 50.1 Å². The molecule has 0 aromatic heterocycles. The van der Waals surface area contributed by atoms with Gasteiger partial charge in [0, 0.05) is 0 Å². The van der Waals surface area contributed by atoms with Crippen molar-refractivity contribution in [2.75, 3.05) is 0 Å². The van der Waals surface area contributed by atoms with Gasteiger partial charge in [-0.15, -0.1) is 0 Å². The van der Waals surface area contributed by atoms with E-state index in [9.17, 15) is 13.2 Å². The zero-order valence-corrected chi connectivity index (χ0v) is 38.8. The number of fused-ring (bicyclic) bond motifs is 3. The molecule has 0 aliphatic heterocycles. The minimum atomic E-state index is -4.44. The molecule has 6 rings (SSSR count). The molecule has 4 aromatic rings. The van der Waals surface area contributed by atoms with E-state index in [0.29, 0.717) is 5.56 Å². The van der Waals surface area contributed by atoms with Crippen LogP contribution in [0, 0.1) is 6.92 Å². The molecule has 292 valence electrons. The molecular weight excluding hydrogens is 808 g/mol. The van der Waals surface area contributed by atoms with Crippen LogP contribution in [-0.4, -0.2) is 3.21 Å². The number of halogens is 5. The third-order valence-electron chi connectivity index (χ3n) is 10.9. The first-order valence-corrected chi connectivity index (χ1v) is 23.0. The molecule has 0 unspecified atom stereocenters. The Balaban J connectivity index is 0.00000336. The van der Waals surface area contributed by atoms with Crippen molar-refractivity contribution in [1.29, 1.82) is 0 Å². The van der Waals surface area contributed by atoms with Crippen LogP contribution in [-0.2, 0) is 55.5 Å². The topological polar surface area (TPSA) is 0 Å². The average molecular weight is 865 g/mol. The van der Waals surface area contributed by atoms with Crippen molar-refractivity contribution in [2.45, 2.75) is 128 Å². The Bertz CT molecular complexity index is 2160. The minimum absolute atomic E-state index is 0. The van der Waals surface area contributed by atoms with Gasteiger partial charge in [-0.1, -0.05) is 0 Å². The van der Waals surface area contributed by atoms with Crippen LogP contribution in [0.1, 0.15) is 139 Å². The summed E-state index contributed by atoms with van der Waals surface area (Å²) in [5, 5.41) is 0. The summed E-state index contributed by atoms with van der Waals surface area (Å²) < 4.78 is 46.1. The number of hydrogen-bond acceptors (Lipinski definition) is 0. The van der Waals surface area contributed by atoms with Crippen LogP contribution >= 0.6 is 0 Å². The molecule has 4 aromatic carbocycles. The first-order chi connectivity index (χ1) is 24.4. The summed E-state index contributed by atoms with van der Waals surface area (Å²) in [6.07, 6.45) is 5.35. The summed E-state index contributed by atoms with van der Waals surface area (Å²) in [6.45, 7) is 29.9. The second-order valence-electron chi connectivity index (χ2n) is 19.5. The number of rotatable bonds is 4. The Labute approximate surface area is 349 Å². The van der Waals surface area contributed by atoms with Gasteiger partial charge in [0.2, 0.25) is 0 Å². The Kier molecular flexibility index (Phi) is 12.9. The predicted octanol–water partition coefficient (Wildman–Crippen LogP) is 7.21. The van der Waals surface area contributed by atoms with Crippen molar-refractivity contribution in [3.05, 3.63) is 147 Å². The van der Waals surface area contributed by atoms with Crippen LogP contribution in [0.25, 0.3) is 11.1 Å². The molecule has 0 atom stereocenters. The van der Waals surface area contributed by atoms with E-state index in [2.05, 4.69) is 157 Å². The molecule has 0 saturated heterocycles. The maximum atomic E-state index is 14.5. The second-order valence-corrected chi connectivity index (χ2v) is 25.6. The largest absolute Gasteiger partial charge is 1.00 e. The van der Waals surface area contributed by atoms with E-state index in [1.165, 1.54) is 59.9 Å². The number of aryl methyl sites for hydroxylation is 1. The maximum absolute atomic E-state index is 14.5. The van der Waals surface area contributed by atoms with Gasteiger partial charge in [-0.25, -0.2) is 0 Å². The minimum Gasteiger partial charge on any atom is -1.00 e. The number of hydrogen-bond donors (Lipinski definition) is 0. The molecule has 0 fully saturated rings. The first kappa shape index (κ1) is 45.2. The summed E-state index contributed by atoms with van der Waals surface area (Å²) in [7, 11) is 0. The van der Waals surface area contributed by atoms with Gasteiger partial charge in [-0.05, 0) is 0 Å². The molecule has 0 saturated carbocycles. The van der Waals surface area contributed by atoms with Gasteiger partial charge in [-0.3, -0.25) is 0 Å². The molecular formula is C49H57Cl2F3Zr.